The lowest BCUT2D eigenvalue weighted by molar-refractivity contribution is 1.03. The van der Waals surface area contributed by atoms with E-state index >= 15 is 0 Å². The molecule has 0 saturated carbocycles. The Labute approximate surface area is 55.6 Å². The lowest BCUT2D eigenvalue weighted by Crippen LogP contribution is -2.21. The van der Waals surface area contributed by atoms with E-state index in [2.05, 4.69) is 17.0 Å². The number of amidine groups is 1. The molecule has 0 aliphatic carbocycles. The Bertz CT molecular complexity index is 126. The van der Waals surface area contributed by atoms with E-state index in [1.165, 1.54) is 0 Å². The molecule has 0 spiro atoms. The number of allylic oxidation sites excluding steroid dienone is 1. The van der Waals surface area contributed by atoms with E-state index in [1.54, 1.807) is 0 Å². The van der Waals surface area contributed by atoms with Crippen LogP contribution >= 0.6 is 0 Å². The molecule has 0 atom stereocenters. The summed E-state index contributed by atoms with van der Waals surface area (Å²) in [7, 11) is 0. The van der Waals surface area contributed by atoms with Crippen molar-refractivity contribution in [3.63, 3.8) is 0 Å². The highest BCUT2D eigenvalue weighted by molar-refractivity contribution is 5.82. The third-order valence-electron chi connectivity index (χ3n) is 0.848. The summed E-state index contributed by atoms with van der Waals surface area (Å²) in [6.45, 7) is 7.48. The predicted octanol–water partition coefficient (Wildman–Crippen LogP) is 0.792. The fourth-order valence-electron chi connectivity index (χ4n) is 0.458. The van der Waals surface area contributed by atoms with Crippen molar-refractivity contribution in [3.05, 3.63) is 12.3 Å². The molecule has 0 aromatic rings. The highest BCUT2D eigenvalue weighted by atomic mass is 15.2. The fraction of sp³-hybridized carbons (Fsp3) is 0.500. The van der Waals surface area contributed by atoms with Gasteiger partial charge in [0.15, 0.2) is 0 Å². The number of hydrogen-bond acceptors (Lipinski definition) is 2. The van der Waals surface area contributed by atoms with Crippen molar-refractivity contribution in [2.75, 3.05) is 0 Å². The zero-order valence-electron chi connectivity index (χ0n) is 5.94. The van der Waals surface area contributed by atoms with Gasteiger partial charge in [0.2, 0.25) is 0 Å². The molecule has 0 aliphatic heterocycles. The van der Waals surface area contributed by atoms with Crippen molar-refractivity contribution in [2.45, 2.75) is 20.3 Å². The smallest absolute Gasteiger partial charge is 0.125 e. The molecule has 0 aromatic heterocycles. The third-order valence-corrected chi connectivity index (χ3v) is 0.848. The highest BCUT2D eigenvalue weighted by Gasteiger charge is 1.90. The standard InChI is InChI=1S/C6H13N3/c1-4-6(9-7)8-5(2)3/h2,4,7H2,1,3H3,(H,8,9). The van der Waals surface area contributed by atoms with Gasteiger partial charge in [-0.15, -0.1) is 0 Å². The number of nitrogens with two attached hydrogens (primary N) is 1. The van der Waals surface area contributed by atoms with Crippen molar-refractivity contribution in [1.29, 1.82) is 0 Å². The van der Waals surface area contributed by atoms with Gasteiger partial charge in [-0.3, -0.25) is 0 Å². The molecule has 0 bridgehead atoms. The first-order valence-corrected chi connectivity index (χ1v) is 2.90. The molecule has 0 rings (SSSR count). The van der Waals surface area contributed by atoms with Crippen molar-refractivity contribution < 1.29 is 0 Å². The Kier molecular flexibility index (Phi) is 3.51. The zero-order valence-corrected chi connectivity index (χ0v) is 5.94. The Hall–Kier alpha value is -0.990. The van der Waals surface area contributed by atoms with E-state index in [1.807, 2.05) is 13.8 Å². The van der Waals surface area contributed by atoms with Crippen molar-refractivity contribution in [2.24, 2.45) is 10.9 Å². The topological polar surface area (TPSA) is 50.4 Å². The third kappa shape index (κ3) is 3.58. The Balaban J connectivity index is 3.71. The van der Waals surface area contributed by atoms with Gasteiger partial charge in [0.25, 0.3) is 0 Å². The normalized spacial score (nSPS) is 11.1. The minimum atomic E-state index is 0.766. The zero-order chi connectivity index (χ0) is 7.28. The second-order valence-corrected chi connectivity index (χ2v) is 1.83. The van der Waals surface area contributed by atoms with Gasteiger partial charge < -0.3 is 11.2 Å². The molecule has 0 radical (unpaired) electrons. The largest absolute Gasteiger partial charge is 0.347 e. The Morgan fingerprint density at radius 1 is 1.78 bits per heavy atom. The molecule has 0 fully saturated rings. The molecule has 0 amide bonds. The van der Waals surface area contributed by atoms with E-state index in [0.717, 1.165) is 18.0 Å². The van der Waals surface area contributed by atoms with Crippen LogP contribution in [0.3, 0.4) is 0 Å². The van der Waals surface area contributed by atoms with Gasteiger partial charge in [-0.2, -0.15) is 5.10 Å². The molecule has 0 saturated heterocycles. The molecule has 52 valence electrons. The summed E-state index contributed by atoms with van der Waals surface area (Å²) in [6.07, 6.45) is 0.809. The Morgan fingerprint density at radius 2 is 2.33 bits per heavy atom. The molecule has 3 heteroatoms. The van der Waals surface area contributed by atoms with Crippen molar-refractivity contribution >= 4 is 5.84 Å². The summed E-state index contributed by atoms with van der Waals surface area (Å²) < 4.78 is 0. The van der Waals surface area contributed by atoms with Gasteiger partial charge >= 0.3 is 0 Å². The van der Waals surface area contributed by atoms with Crippen LogP contribution in [0.2, 0.25) is 0 Å². The molecule has 0 heterocycles. The lowest BCUT2D eigenvalue weighted by atomic mass is 10.4. The average Bonchev–Trinajstić information content (AvgIpc) is 1.82. The van der Waals surface area contributed by atoms with Crippen LogP contribution < -0.4 is 11.2 Å². The van der Waals surface area contributed by atoms with Crippen molar-refractivity contribution in [3.8, 4) is 0 Å². The van der Waals surface area contributed by atoms with Crippen LogP contribution in [0.1, 0.15) is 20.3 Å². The first-order chi connectivity index (χ1) is 4.20. The molecule has 9 heavy (non-hydrogen) atoms. The maximum atomic E-state index is 5.02. The lowest BCUT2D eigenvalue weighted by Gasteiger charge is -2.03. The van der Waals surface area contributed by atoms with Crippen LogP contribution in [0.5, 0.6) is 0 Å². The molecule has 0 aliphatic rings. The van der Waals surface area contributed by atoms with Gasteiger partial charge in [-0.25, -0.2) is 0 Å². The number of nitrogens with zero attached hydrogens (tertiary/aromatic N) is 1. The second-order valence-electron chi connectivity index (χ2n) is 1.83. The Morgan fingerprint density at radius 3 is 2.44 bits per heavy atom. The van der Waals surface area contributed by atoms with E-state index in [-0.39, 0.29) is 0 Å². The summed E-state index contributed by atoms with van der Waals surface area (Å²) in [5, 5.41) is 6.40. The molecule has 0 unspecified atom stereocenters. The summed E-state index contributed by atoms with van der Waals surface area (Å²) in [5.74, 6) is 5.78. The van der Waals surface area contributed by atoms with Gasteiger partial charge in [0, 0.05) is 12.1 Å². The quantitative estimate of drug-likeness (QED) is 0.249. The number of hydrogen-bond donors (Lipinski definition) is 2. The van der Waals surface area contributed by atoms with Crippen LogP contribution in [-0.4, -0.2) is 5.84 Å². The average molecular weight is 127 g/mol. The predicted molar refractivity (Wildman–Crippen MR) is 39.9 cm³/mol. The molecule has 0 aromatic carbocycles. The number of nitrogens with one attached hydrogen (secondary N) is 1. The van der Waals surface area contributed by atoms with Gasteiger partial charge in [-0.05, 0) is 6.92 Å². The maximum Gasteiger partial charge on any atom is 0.125 e. The molecular weight excluding hydrogens is 114 g/mol. The van der Waals surface area contributed by atoms with Crippen LogP contribution in [-0.2, 0) is 0 Å². The summed E-state index contributed by atoms with van der Waals surface area (Å²) in [4.78, 5) is 0. The van der Waals surface area contributed by atoms with E-state index in [0.29, 0.717) is 0 Å². The van der Waals surface area contributed by atoms with Gasteiger partial charge in [-0.1, -0.05) is 13.5 Å². The maximum absolute atomic E-state index is 5.02. The van der Waals surface area contributed by atoms with E-state index in [4.69, 9.17) is 5.84 Å². The van der Waals surface area contributed by atoms with E-state index < -0.39 is 0 Å². The van der Waals surface area contributed by atoms with Gasteiger partial charge in [0.05, 0.1) is 0 Å². The van der Waals surface area contributed by atoms with Crippen LogP contribution in [0.15, 0.2) is 17.4 Å². The SMILES string of the molecule is C=C(C)N/C(CC)=N\N. The molecule has 3 nitrogen and oxygen atoms in total. The summed E-state index contributed by atoms with van der Waals surface area (Å²) >= 11 is 0. The monoisotopic (exact) mass is 127 g/mol. The second kappa shape index (κ2) is 3.95. The van der Waals surface area contributed by atoms with Gasteiger partial charge in [0.1, 0.15) is 5.84 Å². The fourth-order valence-corrected chi connectivity index (χ4v) is 0.458. The molecule has 3 N–H and O–H groups in total. The first-order valence-electron chi connectivity index (χ1n) is 2.90. The first kappa shape index (κ1) is 8.01. The minimum absolute atomic E-state index is 0.766. The highest BCUT2D eigenvalue weighted by Crippen LogP contribution is 1.83. The summed E-state index contributed by atoms with van der Waals surface area (Å²) in [5.41, 5.74) is 0.862. The van der Waals surface area contributed by atoms with Crippen LogP contribution in [0.4, 0.5) is 0 Å². The molecular formula is C6H13N3. The summed E-state index contributed by atoms with van der Waals surface area (Å²) in [6, 6.07) is 0. The minimum Gasteiger partial charge on any atom is -0.347 e. The van der Waals surface area contributed by atoms with Crippen LogP contribution in [0, 0.1) is 0 Å². The van der Waals surface area contributed by atoms with Crippen LogP contribution in [0.25, 0.3) is 0 Å². The van der Waals surface area contributed by atoms with E-state index in [9.17, 15) is 0 Å². The number of rotatable bonds is 2. The van der Waals surface area contributed by atoms with Crippen molar-refractivity contribution in [1.82, 2.24) is 5.32 Å². The number of hydrazone groups is 1.